The smallest absolute Gasteiger partial charge is 0.249 e. The molecule has 2 bridgehead atoms. The van der Waals surface area contributed by atoms with Gasteiger partial charge in [0.25, 0.3) is 0 Å². The Bertz CT molecular complexity index is 1810. The number of nitrogens with one attached hydrogen (secondary N) is 2. The first-order chi connectivity index (χ1) is 20.8. The number of rotatable bonds is 5. The summed E-state index contributed by atoms with van der Waals surface area (Å²) in [5.74, 6) is 2.09. The van der Waals surface area contributed by atoms with Gasteiger partial charge in [-0.15, -0.1) is 6.42 Å². The molecule has 2 unspecified atom stereocenters. The number of nitrogens with zero attached hydrogens (tertiary/aromatic N) is 6. The van der Waals surface area contributed by atoms with Crippen LogP contribution in [-0.4, -0.2) is 83.2 Å². The molecule has 11 heteroatoms. The van der Waals surface area contributed by atoms with E-state index < -0.39 is 17.2 Å². The maximum absolute atomic E-state index is 16.8. The number of hydrogen-bond donors (Lipinski definition) is 2. The summed E-state index contributed by atoms with van der Waals surface area (Å²) in [4.78, 5) is 36.2. The molecule has 7 rings (SSSR count). The molecular formula is C32H34F2N8O. The Morgan fingerprint density at radius 2 is 1.93 bits per heavy atom. The van der Waals surface area contributed by atoms with Gasteiger partial charge in [0, 0.05) is 68.0 Å². The van der Waals surface area contributed by atoms with Gasteiger partial charge >= 0.3 is 0 Å². The first kappa shape index (κ1) is 27.7. The number of anilines is 2. The van der Waals surface area contributed by atoms with Crippen molar-refractivity contribution in [1.29, 1.82) is 0 Å². The summed E-state index contributed by atoms with van der Waals surface area (Å²) in [6.45, 7) is 3.19. The summed E-state index contributed by atoms with van der Waals surface area (Å²) in [7, 11) is 4.13. The van der Waals surface area contributed by atoms with Crippen LogP contribution >= 0.6 is 0 Å². The van der Waals surface area contributed by atoms with E-state index in [1.165, 1.54) is 18.2 Å². The number of aromatic amines is 1. The zero-order valence-corrected chi connectivity index (χ0v) is 24.3. The molecule has 3 aromatic heterocycles. The third-order valence-corrected chi connectivity index (χ3v) is 9.41. The van der Waals surface area contributed by atoms with Crippen LogP contribution in [0.5, 0.6) is 0 Å². The molecule has 0 radical (unpaired) electrons. The van der Waals surface area contributed by atoms with Gasteiger partial charge in [0.05, 0.1) is 16.5 Å². The number of piperazine rings is 1. The van der Waals surface area contributed by atoms with E-state index in [1.807, 2.05) is 7.05 Å². The molecule has 0 saturated carbocycles. The minimum absolute atomic E-state index is 0.0678. The fourth-order valence-electron chi connectivity index (χ4n) is 7.09. The summed E-state index contributed by atoms with van der Waals surface area (Å²) in [6, 6.07) is 4.90. The van der Waals surface area contributed by atoms with Crippen LogP contribution in [0.25, 0.3) is 33.1 Å². The quantitative estimate of drug-likeness (QED) is 0.344. The van der Waals surface area contributed by atoms with Crippen LogP contribution in [0.1, 0.15) is 37.7 Å². The lowest BCUT2D eigenvalue weighted by molar-refractivity contribution is 0.211. The maximum atomic E-state index is 16.8. The average molecular weight is 585 g/mol. The van der Waals surface area contributed by atoms with Crippen molar-refractivity contribution in [3.63, 3.8) is 0 Å². The minimum atomic E-state index is -0.706. The van der Waals surface area contributed by atoms with Crippen molar-refractivity contribution in [3.8, 4) is 23.6 Å². The molecule has 2 N–H and O–H groups in total. The molecule has 3 atom stereocenters. The number of terminal acetylenes is 1. The molecule has 43 heavy (non-hydrogen) atoms. The van der Waals surface area contributed by atoms with Crippen molar-refractivity contribution in [2.75, 3.05) is 50.1 Å². The molecule has 4 aromatic rings. The first-order valence-electron chi connectivity index (χ1n) is 14.9. The fourth-order valence-corrected chi connectivity index (χ4v) is 7.09. The monoisotopic (exact) mass is 584 g/mol. The van der Waals surface area contributed by atoms with E-state index in [0.717, 1.165) is 51.7 Å². The SMILES string of the molecule is C#Cc1c(F)ccc2[nH]c(=O)cc(-c3ncc4c(N(C)C[C@H]5CCCCN5)nc(N5CC6CCC(C5)N6C)nc4c3F)c12. The number of aromatic nitrogens is 4. The predicted octanol–water partition coefficient (Wildman–Crippen LogP) is 3.65. The highest BCUT2D eigenvalue weighted by Gasteiger charge is 2.38. The molecule has 3 fully saturated rings. The second kappa shape index (κ2) is 10.8. The normalized spacial score (nSPS) is 22.3. The van der Waals surface area contributed by atoms with Crippen LogP contribution in [0, 0.1) is 24.0 Å². The number of fused-ring (bicyclic) bond motifs is 4. The third-order valence-electron chi connectivity index (χ3n) is 9.41. The molecule has 222 valence electrons. The number of H-pyrrole nitrogens is 1. The predicted molar refractivity (Wildman–Crippen MR) is 164 cm³/mol. The van der Waals surface area contributed by atoms with Gasteiger partial charge in [0.2, 0.25) is 11.5 Å². The van der Waals surface area contributed by atoms with Gasteiger partial charge in [-0.1, -0.05) is 12.3 Å². The molecule has 0 spiro atoms. The van der Waals surface area contributed by atoms with Crippen LogP contribution in [0.4, 0.5) is 20.5 Å². The number of halogens is 2. The number of piperidine rings is 1. The third kappa shape index (κ3) is 4.79. The highest BCUT2D eigenvalue weighted by molar-refractivity contribution is 6.00. The van der Waals surface area contributed by atoms with E-state index >= 15 is 4.39 Å². The largest absolute Gasteiger partial charge is 0.357 e. The zero-order chi connectivity index (χ0) is 29.8. The van der Waals surface area contributed by atoms with Crippen LogP contribution in [0.15, 0.2) is 29.2 Å². The van der Waals surface area contributed by atoms with E-state index in [-0.39, 0.29) is 27.7 Å². The van der Waals surface area contributed by atoms with Gasteiger partial charge in [-0.3, -0.25) is 14.7 Å². The van der Waals surface area contributed by atoms with Gasteiger partial charge < -0.3 is 20.1 Å². The van der Waals surface area contributed by atoms with Crippen molar-refractivity contribution in [2.45, 2.75) is 50.2 Å². The Morgan fingerprint density at radius 1 is 1.14 bits per heavy atom. The van der Waals surface area contributed by atoms with Crippen molar-refractivity contribution >= 4 is 33.6 Å². The Kier molecular flexibility index (Phi) is 6.98. The van der Waals surface area contributed by atoms with E-state index in [2.05, 4.69) is 43.0 Å². The van der Waals surface area contributed by atoms with Gasteiger partial charge in [-0.2, -0.15) is 4.98 Å². The summed E-state index contributed by atoms with van der Waals surface area (Å²) in [6.07, 6.45) is 12.8. The van der Waals surface area contributed by atoms with Crippen LogP contribution in [0.2, 0.25) is 0 Å². The maximum Gasteiger partial charge on any atom is 0.249 e. The molecule has 9 nitrogen and oxygen atoms in total. The summed E-state index contributed by atoms with van der Waals surface area (Å²) >= 11 is 0. The topological polar surface area (TPSA) is 93.3 Å². The van der Waals surface area contributed by atoms with Gasteiger partial charge in [0.15, 0.2) is 5.82 Å². The average Bonchev–Trinajstić information content (AvgIpc) is 3.20. The van der Waals surface area contributed by atoms with Crippen molar-refractivity contribution in [1.82, 2.24) is 30.2 Å². The second-order valence-corrected chi connectivity index (χ2v) is 12.0. The molecule has 3 saturated heterocycles. The van der Waals surface area contributed by atoms with Gasteiger partial charge in [-0.25, -0.2) is 13.8 Å². The number of hydrogen-bond acceptors (Lipinski definition) is 8. The van der Waals surface area contributed by atoms with Crippen molar-refractivity contribution in [3.05, 3.63) is 51.9 Å². The first-order valence-corrected chi connectivity index (χ1v) is 14.9. The van der Waals surface area contributed by atoms with Crippen LogP contribution in [-0.2, 0) is 0 Å². The van der Waals surface area contributed by atoms with Gasteiger partial charge in [-0.05, 0) is 51.4 Å². The number of benzene rings is 1. The zero-order valence-electron chi connectivity index (χ0n) is 24.3. The van der Waals surface area contributed by atoms with E-state index in [1.54, 1.807) is 6.20 Å². The second-order valence-electron chi connectivity index (χ2n) is 12.0. The van der Waals surface area contributed by atoms with Crippen molar-refractivity contribution < 1.29 is 8.78 Å². The lowest BCUT2D eigenvalue weighted by Crippen LogP contribution is -2.52. The summed E-state index contributed by atoms with van der Waals surface area (Å²) in [5.41, 5.74) is -0.139. The Labute approximate surface area is 248 Å². The Hall–Kier alpha value is -4.14. The standard InChI is InChI=1S/C32H34F2N8O/c1-4-21-24(33)10-11-25-27(21)22(13-26(43)37-25)29-28(34)30-23(14-36-29)31(40(2)15-18-7-5-6-12-35-18)39-32(38-30)42-16-19-8-9-20(17-42)41(19)3/h1,10-11,13-14,18-20,35H,5-9,12,15-17H2,2-3H3,(H,37,43)/t18-,19?,20?/m1/s1. The van der Waals surface area contributed by atoms with Crippen LogP contribution < -0.4 is 20.7 Å². The highest BCUT2D eigenvalue weighted by Crippen LogP contribution is 2.37. The Morgan fingerprint density at radius 3 is 2.65 bits per heavy atom. The molecule has 6 heterocycles. The number of pyridine rings is 2. The lowest BCUT2D eigenvalue weighted by Gasteiger charge is -2.39. The van der Waals surface area contributed by atoms with E-state index in [0.29, 0.717) is 47.3 Å². The minimum Gasteiger partial charge on any atom is -0.357 e. The fraction of sp³-hybridized carbons (Fsp3) is 0.438. The molecule has 3 aliphatic rings. The summed E-state index contributed by atoms with van der Waals surface area (Å²) < 4.78 is 31.5. The number of likely N-dealkylation sites (N-methyl/N-ethyl adjacent to an activating group) is 2. The van der Waals surface area contributed by atoms with Gasteiger partial charge in [0.1, 0.15) is 22.8 Å². The molecular weight excluding hydrogens is 550 g/mol. The van der Waals surface area contributed by atoms with E-state index in [9.17, 15) is 9.18 Å². The van der Waals surface area contributed by atoms with Crippen LogP contribution in [0.3, 0.4) is 0 Å². The molecule has 0 aliphatic carbocycles. The Balaban J connectivity index is 1.41. The molecule has 1 aromatic carbocycles. The highest BCUT2D eigenvalue weighted by atomic mass is 19.1. The molecule has 3 aliphatic heterocycles. The molecule has 0 amide bonds. The lowest BCUT2D eigenvalue weighted by atomic mass is 9.99. The summed E-state index contributed by atoms with van der Waals surface area (Å²) in [5, 5.41) is 4.27. The van der Waals surface area contributed by atoms with Crippen molar-refractivity contribution in [2.24, 2.45) is 0 Å². The van der Waals surface area contributed by atoms with E-state index in [4.69, 9.17) is 16.4 Å².